The van der Waals surface area contributed by atoms with E-state index in [0.29, 0.717) is 0 Å². The zero-order chi connectivity index (χ0) is 10.6. The topological polar surface area (TPSA) is 50.4 Å². The van der Waals surface area contributed by atoms with E-state index in [-0.39, 0.29) is 5.11 Å². The zero-order valence-electron chi connectivity index (χ0n) is 7.62. The van der Waals surface area contributed by atoms with Gasteiger partial charge in [0.1, 0.15) is 0 Å². The Morgan fingerprint density at radius 3 is 2.50 bits per heavy atom. The molecular weight excluding hydrogens is 309 g/mol. The van der Waals surface area contributed by atoms with Crippen LogP contribution >= 0.6 is 34.8 Å². The first kappa shape index (κ1) is 11.4. The Kier molecular flexibility index (Phi) is 4.27. The predicted octanol–water partition coefficient (Wildman–Crippen LogP) is 1.85. The number of hydrogen-bond acceptors (Lipinski definition) is 2. The number of hydrazone groups is 1. The number of benzene rings is 1. The van der Waals surface area contributed by atoms with Crippen LogP contribution in [0.25, 0.3) is 0 Å². The van der Waals surface area contributed by atoms with Crippen LogP contribution < -0.4 is 11.2 Å². The van der Waals surface area contributed by atoms with Gasteiger partial charge in [-0.2, -0.15) is 5.10 Å². The van der Waals surface area contributed by atoms with Gasteiger partial charge >= 0.3 is 0 Å². The number of nitrogens with zero attached hydrogens (tertiary/aromatic N) is 1. The lowest BCUT2D eigenvalue weighted by atomic mass is 10.1. The van der Waals surface area contributed by atoms with Gasteiger partial charge in [0.25, 0.3) is 0 Å². The minimum absolute atomic E-state index is 0.176. The number of nitrogens with two attached hydrogens (primary N) is 1. The van der Waals surface area contributed by atoms with Crippen molar-refractivity contribution in [3.05, 3.63) is 33.4 Å². The molecule has 5 heteroatoms. The van der Waals surface area contributed by atoms with E-state index in [2.05, 4.69) is 45.3 Å². The molecule has 0 atom stereocenters. The van der Waals surface area contributed by atoms with Gasteiger partial charge in [-0.3, -0.25) is 5.43 Å². The molecule has 3 N–H and O–H groups in total. The molecular formula is C9H10IN3S. The third-order valence-electron chi connectivity index (χ3n) is 1.60. The van der Waals surface area contributed by atoms with E-state index in [4.69, 9.17) is 5.73 Å². The number of rotatable bonds is 2. The maximum Gasteiger partial charge on any atom is 0.184 e. The summed E-state index contributed by atoms with van der Waals surface area (Å²) in [6.45, 7) is 1.90. The van der Waals surface area contributed by atoms with Crippen molar-refractivity contribution >= 4 is 45.6 Å². The second-order valence-electron chi connectivity index (χ2n) is 2.68. The second-order valence-corrected chi connectivity index (χ2v) is 4.37. The highest BCUT2D eigenvalue weighted by molar-refractivity contribution is 14.1. The summed E-state index contributed by atoms with van der Waals surface area (Å²) in [4.78, 5) is 0. The quantitative estimate of drug-likeness (QED) is 0.379. The Balaban J connectivity index is 2.78. The fourth-order valence-corrected chi connectivity index (χ4v) is 1.30. The van der Waals surface area contributed by atoms with E-state index in [1.807, 2.05) is 31.2 Å². The van der Waals surface area contributed by atoms with Gasteiger partial charge in [0.2, 0.25) is 0 Å². The molecule has 0 bridgehead atoms. The molecule has 0 fully saturated rings. The molecule has 0 spiro atoms. The normalized spacial score (nSPS) is 11.1. The van der Waals surface area contributed by atoms with Gasteiger partial charge in [-0.15, -0.1) is 0 Å². The van der Waals surface area contributed by atoms with Crippen LogP contribution in [0.15, 0.2) is 29.4 Å². The minimum Gasteiger partial charge on any atom is -0.375 e. The van der Waals surface area contributed by atoms with Crippen LogP contribution in [0.3, 0.4) is 0 Å². The first-order chi connectivity index (χ1) is 6.59. The van der Waals surface area contributed by atoms with Crippen LogP contribution in [0.2, 0.25) is 0 Å². The van der Waals surface area contributed by atoms with Crippen LogP contribution in [-0.4, -0.2) is 10.8 Å². The maximum atomic E-state index is 5.25. The number of thiocarbonyl (C=S) groups is 1. The number of hydrogen-bond donors (Lipinski definition) is 2. The molecule has 74 valence electrons. The minimum atomic E-state index is 0.176. The summed E-state index contributed by atoms with van der Waals surface area (Å²) >= 11 is 6.90. The maximum absolute atomic E-state index is 5.25. The Bertz CT molecular complexity index is 359. The molecule has 0 radical (unpaired) electrons. The van der Waals surface area contributed by atoms with Gasteiger partial charge < -0.3 is 5.73 Å². The van der Waals surface area contributed by atoms with Gasteiger partial charge in [-0.25, -0.2) is 0 Å². The van der Waals surface area contributed by atoms with Gasteiger partial charge in [-0.05, 0) is 59.4 Å². The Labute approximate surface area is 102 Å². The highest BCUT2D eigenvalue weighted by Gasteiger charge is 1.96. The third kappa shape index (κ3) is 3.59. The van der Waals surface area contributed by atoms with E-state index < -0.39 is 0 Å². The van der Waals surface area contributed by atoms with Crippen molar-refractivity contribution in [1.29, 1.82) is 0 Å². The fourth-order valence-electron chi connectivity index (χ4n) is 0.895. The number of nitrogens with one attached hydrogen (secondary N) is 1. The second kappa shape index (κ2) is 5.26. The van der Waals surface area contributed by atoms with Crippen molar-refractivity contribution in [2.24, 2.45) is 10.8 Å². The molecule has 0 heterocycles. The summed E-state index contributed by atoms with van der Waals surface area (Å²) in [5.41, 5.74) is 9.71. The molecule has 0 saturated heterocycles. The van der Waals surface area contributed by atoms with Gasteiger partial charge in [0, 0.05) is 3.57 Å². The standard InChI is InChI=1S/C9H10IN3S/c1-6(12-13-9(11)14)7-2-4-8(10)5-3-7/h2-5H,1H3,(H3,11,13,14)/b12-6-. The van der Waals surface area contributed by atoms with E-state index in [0.717, 1.165) is 11.3 Å². The molecule has 0 aliphatic rings. The van der Waals surface area contributed by atoms with Gasteiger partial charge in [-0.1, -0.05) is 12.1 Å². The SMILES string of the molecule is C/C(=N/NC(N)=S)c1ccc(I)cc1. The van der Waals surface area contributed by atoms with E-state index in [1.165, 1.54) is 3.57 Å². The van der Waals surface area contributed by atoms with Crippen molar-refractivity contribution in [3.8, 4) is 0 Å². The van der Waals surface area contributed by atoms with E-state index >= 15 is 0 Å². The summed E-state index contributed by atoms with van der Waals surface area (Å²) in [5.74, 6) is 0. The molecule has 0 amide bonds. The fraction of sp³-hybridized carbons (Fsp3) is 0.111. The largest absolute Gasteiger partial charge is 0.375 e. The van der Waals surface area contributed by atoms with Crippen LogP contribution in [0.4, 0.5) is 0 Å². The zero-order valence-corrected chi connectivity index (χ0v) is 10.6. The Morgan fingerprint density at radius 1 is 1.43 bits per heavy atom. The molecule has 0 saturated carbocycles. The lowest BCUT2D eigenvalue weighted by molar-refractivity contribution is 1.03. The van der Waals surface area contributed by atoms with E-state index in [9.17, 15) is 0 Å². The summed E-state index contributed by atoms with van der Waals surface area (Å²) in [5, 5.41) is 4.20. The summed E-state index contributed by atoms with van der Waals surface area (Å²) in [7, 11) is 0. The summed E-state index contributed by atoms with van der Waals surface area (Å²) < 4.78 is 1.20. The van der Waals surface area contributed by atoms with Crippen LogP contribution in [0, 0.1) is 3.57 Å². The highest BCUT2D eigenvalue weighted by atomic mass is 127. The lowest BCUT2D eigenvalue weighted by Gasteiger charge is -2.01. The van der Waals surface area contributed by atoms with Crippen molar-refractivity contribution < 1.29 is 0 Å². The lowest BCUT2D eigenvalue weighted by Crippen LogP contribution is -2.25. The molecule has 0 unspecified atom stereocenters. The molecule has 3 nitrogen and oxygen atoms in total. The summed E-state index contributed by atoms with van der Waals surface area (Å²) in [6.07, 6.45) is 0. The molecule has 1 aromatic rings. The molecule has 14 heavy (non-hydrogen) atoms. The van der Waals surface area contributed by atoms with Crippen LogP contribution in [0.1, 0.15) is 12.5 Å². The molecule has 1 aromatic carbocycles. The van der Waals surface area contributed by atoms with Gasteiger partial charge in [0.05, 0.1) is 5.71 Å². The Hall–Kier alpha value is -0.690. The third-order valence-corrected chi connectivity index (χ3v) is 2.41. The van der Waals surface area contributed by atoms with Gasteiger partial charge in [0.15, 0.2) is 5.11 Å². The van der Waals surface area contributed by atoms with Crippen LogP contribution in [0.5, 0.6) is 0 Å². The molecule has 0 aromatic heterocycles. The summed E-state index contributed by atoms with van der Waals surface area (Å²) in [6, 6.07) is 8.05. The Morgan fingerprint density at radius 2 is 2.00 bits per heavy atom. The molecule has 0 aliphatic carbocycles. The number of halogens is 1. The van der Waals surface area contributed by atoms with Crippen molar-refractivity contribution in [1.82, 2.24) is 5.43 Å². The predicted molar refractivity (Wildman–Crippen MR) is 71.3 cm³/mol. The van der Waals surface area contributed by atoms with Crippen molar-refractivity contribution in [2.75, 3.05) is 0 Å². The highest BCUT2D eigenvalue weighted by Crippen LogP contribution is 2.07. The molecule has 0 aliphatic heterocycles. The van der Waals surface area contributed by atoms with Crippen LogP contribution in [-0.2, 0) is 0 Å². The van der Waals surface area contributed by atoms with E-state index in [1.54, 1.807) is 0 Å². The smallest absolute Gasteiger partial charge is 0.184 e. The monoisotopic (exact) mass is 319 g/mol. The average Bonchev–Trinajstić information content (AvgIpc) is 2.15. The first-order valence-electron chi connectivity index (χ1n) is 3.95. The van der Waals surface area contributed by atoms with Crippen molar-refractivity contribution in [2.45, 2.75) is 6.92 Å². The average molecular weight is 319 g/mol. The molecule has 1 rings (SSSR count). The van der Waals surface area contributed by atoms with Crippen molar-refractivity contribution in [3.63, 3.8) is 0 Å². The first-order valence-corrected chi connectivity index (χ1v) is 5.44.